The van der Waals surface area contributed by atoms with Gasteiger partial charge in [0.15, 0.2) is 0 Å². The largest absolute Gasteiger partial charge is 0.493 e. The Hall–Kier alpha value is -3.13. The van der Waals surface area contributed by atoms with Crippen molar-refractivity contribution in [3.05, 3.63) is 53.3 Å². The lowest BCUT2D eigenvalue weighted by atomic mass is 9.93. The number of hydrogen-bond acceptors (Lipinski definition) is 5. The van der Waals surface area contributed by atoms with Gasteiger partial charge in [-0.1, -0.05) is 45.4 Å². The minimum atomic E-state index is -0.625. The maximum atomic E-state index is 15.0. The van der Waals surface area contributed by atoms with Gasteiger partial charge in [0.1, 0.15) is 17.2 Å². The fraction of sp³-hybridized carbons (Fsp3) is 0.576. The summed E-state index contributed by atoms with van der Waals surface area (Å²) in [7, 11) is 1.63. The minimum absolute atomic E-state index is 0.0494. The zero-order chi connectivity index (χ0) is 30.7. The molecule has 0 bridgehead atoms. The van der Waals surface area contributed by atoms with Crippen molar-refractivity contribution in [2.24, 2.45) is 5.92 Å². The number of carbonyl (C=O) groups excluding carboxylic acids is 2. The highest BCUT2D eigenvalue weighted by molar-refractivity contribution is 5.98. The van der Waals surface area contributed by atoms with Crippen molar-refractivity contribution < 1.29 is 28.2 Å². The fourth-order valence-corrected chi connectivity index (χ4v) is 4.76. The number of alkyl carbamates (subject to hydrolysis) is 1. The van der Waals surface area contributed by atoms with Crippen LogP contribution < -0.4 is 10.1 Å². The second kappa shape index (κ2) is 15.8. The molecule has 0 radical (unpaired) electrons. The molecule has 2 aromatic rings. The molecule has 0 heterocycles. The smallest absolute Gasteiger partial charge is 0.407 e. The molecule has 0 spiro atoms. The first-order chi connectivity index (χ1) is 19.3. The summed E-state index contributed by atoms with van der Waals surface area (Å²) in [6, 6.07) is 9.80. The molecule has 0 saturated carbocycles. The average molecular weight is 573 g/mol. The number of ether oxygens (including phenoxy) is 3. The summed E-state index contributed by atoms with van der Waals surface area (Å²) in [5.74, 6) is -0.0120. The number of rotatable bonds is 14. The van der Waals surface area contributed by atoms with Crippen LogP contribution in [0.1, 0.15) is 84.2 Å². The number of nitrogens with one attached hydrogen (secondary N) is 1. The van der Waals surface area contributed by atoms with Gasteiger partial charge in [-0.25, -0.2) is 9.18 Å². The third-order valence-corrected chi connectivity index (χ3v) is 6.64. The van der Waals surface area contributed by atoms with Gasteiger partial charge in [0, 0.05) is 49.4 Å². The lowest BCUT2D eigenvalue weighted by Gasteiger charge is -2.38. The molecule has 0 aliphatic carbocycles. The highest BCUT2D eigenvalue weighted by Gasteiger charge is 2.32. The van der Waals surface area contributed by atoms with Gasteiger partial charge in [-0.2, -0.15) is 0 Å². The zero-order valence-electron chi connectivity index (χ0n) is 26.3. The second-order valence-corrected chi connectivity index (χ2v) is 11.9. The predicted octanol–water partition coefficient (Wildman–Crippen LogP) is 7.26. The van der Waals surface area contributed by atoms with Crippen LogP contribution in [0.5, 0.6) is 5.75 Å². The van der Waals surface area contributed by atoms with Crippen LogP contribution in [0.15, 0.2) is 36.4 Å². The van der Waals surface area contributed by atoms with Gasteiger partial charge in [0.2, 0.25) is 0 Å². The van der Waals surface area contributed by atoms with Gasteiger partial charge in [0.05, 0.1) is 12.6 Å². The molecule has 8 heteroatoms. The number of hydrogen-bond donors (Lipinski definition) is 1. The van der Waals surface area contributed by atoms with Crippen molar-refractivity contribution in [3.8, 4) is 16.9 Å². The lowest BCUT2D eigenvalue weighted by Crippen LogP contribution is -2.53. The van der Waals surface area contributed by atoms with Crippen LogP contribution in [0.2, 0.25) is 0 Å². The molecule has 0 fully saturated rings. The summed E-state index contributed by atoms with van der Waals surface area (Å²) >= 11 is 0. The molecule has 0 unspecified atom stereocenters. The van der Waals surface area contributed by atoms with E-state index in [2.05, 4.69) is 5.32 Å². The molecule has 0 aliphatic rings. The van der Waals surface area contributed by atoms with E-state index in [1.807, 2.05) is 66.4 Å². The Bertz CT molecular complexity index is 1140. The normalized spacial score (nSPS) is 12.4. The number of aryl methyl sites for hydroxylation is 1. The average Bonchev–Trinajstić information content (AvgIpc) is 2.88. The molecule has 0 saturated heterocycles. The standard InChI is InChI=1S/C33H49FN2O5/c1-10-14-24-19-27(25-15-11-12-16-28(25)34)30(40-18-13-17-39-9)20-26(24)31(37)36(23(4)5)29(22(2)3)21-35-32(38)41-33(6,7)8/h11-12,15-16,19-20,22-23,29H,10,13-14,17-18,21H2,1-9H3,(H,35,38)/t29-/m0/s1. The van der Waals surface area contributed by atoms with E-state index in [0.29, 0.717) is 48.5 Å². The quantitative estimate of drug-likeness (QED) is 0.241. The van der Waals surface area contributed by atoms with Gasteiger partial charge < -0.3 is 24.4 Å². The summed E-state index contributed by atoms with van der Waals surface area (Å²) in [6.45, 7) is 16.6. The number of carbonyl (C=O) groups is 2. The first-order valence-electron chi connectivity index (χ1n) is 14.6. The summed E-state index contributed by atoms with van der Waals surface area (Å²) < 4.78 is 31.7. The van der Waals surface area contributed by atoms with Crippen molar-refractivity contribution in [1.29, 1.82) is 0 Å². The van der Waals surface area contributed by atoms with Crippen LogP contribution >= 0.6 is 0 Å². The van der Waals surface area contributed by atoms with Crippen molar-refractivity contribution in [2.45, 2.75) is 92.3 Å². The van der Waals surface area contributed by atoms with Gasteiger partial charge in [0.25, 0.3) is 5.91 Å². The first-order valence-corrected chi connectivity index (χ1v) is 14.6. The predicted molar refractivity (Wildman–Crippen MR) is 162 cm³/mol. The summed E-state index contributed by atoms with van der Waals surface area (Å²) in [5.41, 5.74) is 1.76. The Morgan fingerprint density at radius 3 is 2.27 bits per heavy atom. The molecule has 2 rings (SSSR count). The van der Waals surface area contributed by atoms with E-state index in [4.69, 9.17) is 14.2 Å². The van der Waals surface area contributed by atoms with Crippen molar-refractivity contribution >= 4 is 12.0 Å². The highest BCUT2D eigenvalue weighted by atomic mass is 19.1. The highest BCUT2D eigenvalue weighted by Crippen LogP contribution is 2.36. The van der Waals surface area contributed by atoms with Crippen molar-refractivity contribution in [2.75, 3.05) is 26.9 Å². The SMILES string of the molecule is CCCc1cc(-c2ccccc2F)c(OCCCOC)cc1C(=O)N(C(C)C)[C@@H](CNC(=O)OC(C)(C)C)C(C)C. The Kier molecular flexibility index (Phi) is 13.1. The first kappa shape index (κ1) is 34.1. The number of benzene rings is 2. The molecule has 0 aliphatic heterocycles. The van der Waals surface area contributed by atoms with Crippen LogP contribution in [0.3, 0.4) is 0 Å². The number of nitrogens with zero attached hydrogens (tertiary/aromatic N) is 1. The van der Waals surface area contributed by atoms with Crippen LogP contribution in [-0.2, 0) is 15.9 Å². The minimum Gasteiger partial charge on any atom is -0.493 e. The fourth-order valence-electron chi connectivity index (χ4n) is 4.76. The number of halogens is 1. The molecular weight excluding hydrogens is 523 g/mol. The van der Waals surface area contributed by atoms with E-state index < -0.39 is 11.7 Å². The summed E-state index contributed by atoms with van der Waals surface area (Å²) in [6.07, 6.45) is 1.57. The third-order valence-electron chi connectivity index (χ3n) is 6.64. The third kappa shape index (κ3) is 10.0. The molecule has 1 N–H and O–H groups in total. The monoisotopic (exact) mass is 572 g/mol. The van der Waals surface area contributed by atoms with E-state index in [-0.39, 0.29) is 36.3 Å². The van der Waals surface area contributed by atoms with Gasteiger partial charge in [-0.3, -0.25) is 4.79 Å². The van der Waals surface area contributed by atoms with E-state index >= 15 is 0 Å². The maximum Gasteiger partial charge on any atom is 0.407 e. The van der Waals surface area contributed by atoms with Crippen molar-refractivity contribution in [1.82, 2.24) is 10.2 Å². The van der Waals surface area contributed by atoms with E-state index in [1.54, 1.807) is 31.4 Å². The van der Waals surface area contributed by atoms with Crippen LogP contribution in [0, 0.1) is 11.7 Å². The van der Waals surface area contributed by atoms with Gasteiger partial charge in [-0.05, 0) is 70.7 Å². The topological polar surface area (TPSA) is 77.1 Å². The maximum absolute atomic E-state index is 15.0. The molecular formula is C33H49FN2O5. The molecule has 2 amide bonds. The molecule has 228 valence electrons. The Balaban J connectivity index is 2.58. The molecule has 1 atom stereocenters. The molecule has 7 nitrogen and oxygen atoms in total. The Morgan fingerprint density at radius 2 is 1.71 bits per heavy atom. The summed E-state index contributed by atoms with van der Waals surface area (Å²) in [4.78, 5) is 28.7. The lowest BCUT2D eigenvalue weighted by molar-refractivity contribution is 0.0427. The van der Waals surface area contributed by atoms with Gasteiger partial charge >= 0.3 is 6.09 Å². The van der Waals surface area contributed by atoms with Crippen molar-refractivity contribution in [3.63, 3.8) is 0 Å². The van der Waals surface area contributed by atoms with E-state index in [9.17, 15) is 14.0 Å². The van der Waals surface area contributed by atoms with Crippen LogP contribution in [0.25, 0.3) is 11.1 Å². The molecule has 0 aromatic heterocycles. The van der Waals surface area contributed by atoms with Crippen LogP contribution in [-0.4, -0.2) is 61.5 Å². The van der Waals surface area contributed by atoms with E-state index in [1.165, 1.54) is 6.07 Å². The Labute approximate surface area is 245 Å². The summed E-state index contributed by atoms with van der Waals surface area (Å²) in [5, 5.41) is 2.86. The van der Waals surface area contributed by atoms with E-state index in [0.717, 1.165) is 12.0 Å². The Morgan fingerprint density at radius 1 is 1.02 bits per heavy atom. The van der Waals surface area contributed by atoms with Gasteiger partial charge in [-0.15, -0.1) is 0 Å². The number of methoxy groups -OCH3 is 1. The molecule has 41 heavy (non-hydrogen) atoms. The zero-order valence-corrected chi connectivity index (χ0v) is 26.3. The van der Waals surface area contributed by atoms with Crippen LogP contribution in [0.4, 0.5) is 9.18 Å². The molecule has 2 aromatic carbocycles. The number of amides is 2. The second-order valence-electron chi connectivity index (χ2n) is 11.9.